The Bertz CT molecular complexity index is 632. The fourth-order valence-electron chi connectivity index (χ4n) is 5.89. The van der Waals surface area contributed by atoms with Crippen LogP contribution in [0.5, 0.6) is 0 Å². The van der Waals surface area contributed by atoms with Crippen LogP contribution in [-0.4, -0.2) is 18.8 Å². The van der Waals surface area contributed by atoms with E-state index in [-0.39, 0.29) is 12.1 Å². The van der Waals surface area contributed by atoms with Crippen molar-refractivity contribution in [2.45, 2.75) is 94.7 Å². The minimum atomic E-state index is -0.187. The Labute approximate surface area is 164 Å². The molecule has 0 radical (unpaired) electrons. The van der Waals surface area contributed by atoms with Gasteiger partial charge in [0.1, 0.15) is 12.8 Å². The first-order chi connectivity index (χ1) is 13.3. The summed E-state index contributed by atoms with van der Waals surface area (Å²) >= 11 is 0. The highest BCUT2D eigenvalue weighted by atomic mass is 16.5. The summed E-state index contributed by atoms with van der Waals surface area (Å²) in [6, 6.07) is 9.36. The average molecular weight is 364 g/mol. The van der Waals surface area contributed by atoms with E-state index < -0.39 is 0 Å². The predicted octanol–water partition coefficient (Wildman–Crippen LogP) is 6.71. The third-order valence-electron chi connectivity index (χ3n) is 7.22. The molecule has 1 unspecified atom stereocenters. The predicted molar refractivity (Wildman–Crippen MR) is 113 cm³/mol. The number of hydrogen-bond acceptors (Lipinski definition) is 2. The molecule has 144 valence electrons. The maximum absolute atomic E-state index is 12.3. The maximum atomic E-state index is 12.3. The third-order valence-corrected chi connectivity index (χ3v) is 7.22. The smallest absolute Gasteiger partial charge is 0.338 e. The normalized spacial score (nSPS) is 27.8. The van der Waals surface area contributed by atoms with Crippen molar-refractivity contribution in [3.63, 3.8) is 0 Å². The van der Waals surface area contributed by atoms with E-state index in [0.29, 0.717) is 5.56 Å². The quantitative estimate of drug-likeness (QED) is 0.319. The lowest BCUT2D eigenvalue weighted by molar-refractivity contribution is 0.0366. The van der Waals surface area contributed by atoms with Gasteiger partial charge in [-0.05, 0) is 43.9 Å². The second-order valence-electron chi connectivity index (χ2n) is 8.96. The molecule has 0 N–H and O–H groups in total. The van der Waals surface area contributed by atoms with Crippen LogP contribution >= 0.6 is 0 Å². The summed E-state index contributed by atoms with van der Waals surface area (Å²) in [5.41, 5.74) is 2.18. The van der Waals surface area contributed by atoms with Crippen LogP contribution in [0, 0.1) is 0 Å². The molecule has 3 heteroatoms. The molecule has 2 bridgehead atoms. The molecule has 3 aliphatic rings. The minimum Gasteiger partial charge on any atom is -0.455 e. The molecule has 2 saturated heterocycles. The molecule has 2 aliphatic heterocycles. The van der Waals surface area contributed by atoms with Crippen molar-refractivity contribution < 1.29 is 9.53 Å². The molecule has 4 rings (SSSR count). The fraction of sp³-hybridized carbons (Fsp3) is 0.625. The van der Waals surface area contributed by atoms with Gasteiger partial charge in [0.05, 0.1) is 5.56 Å². The average Bonchev–Trinajstić information content (AvgIpc) is 2.69. The van der Waals surface area contributed by atoms with Crippen LogP contribution in [0.2, 0.25) is 18.0 Å². The van der Waals surface area contributed by atoms with Gasteiger partial charge < -0.3 is 4.74 Å². The SMILES string of the molecule is O=C(OC1C=C(CCCB2C3CCCC2CCC3)CCC1)c1ccccc1. The van der Waals surface area contributed by atoms with Crippen molar-refractivity contribution in [1.29, 1.82) is 0 Å². The van der Waals surface area contributed by atoms with Crippen molar-refractivity contribution in [3.8, 4) is 0 Å². The lowest BCUT2D eigenvalue weighted by Crippen LogP contribution is -2.34. The van der Waals surface area contributed by atoms with E-state index in [1.807, 2.05) is 30.3 Å². The van der Waals surface area contributed by atoms with Crippen molar-refractivity contribution in [1.82, 2.24) is 0 Å². The standard InChI is InChI=1S/C24H33BO2/c26-24(20-10-2-1-3-11-20)27-23-16-4-8-19(18-23)9-7-17-25-21-12-5-13-22(25)15-6-14-21/h1-3,10-11,18,21-23H,4-9,12-17H2. The molecule has 1 aliphatic carbocycles. The number of carbonyl (C=O) groups is 1. The molecule has 1 aromatic carbocycles. The number of rotatable bonds is 6. The summed E-state index contributed by atoms with van der Waals surface area (Å²) in [5.74, 6) is 1.86. The second-order valence-corrected chi connectivity index (χ2v) is 8.96. The summed E-state index contributed by atoms with van der Waals surface area (Å²) in [4.78, 5) is 12.3. The highest BCUT2D eigenvalue weighted by molar-refractivity contribution is 6.62. The Balaban J connectivity index is 1.27. The van der Waals surface area contributed by atoms with Gasteiger partial charge in [-0.25, -0.2) is 4.79 Å². The Morgan fingerprint density at radius 2 is 1.67 bits per heavy atom. The first-order valence-corrected chi connectivity index (χ1v) is 11.2. The van der Waals surface area contributed by atoms with E-state index in [0.717, 1.165) is 31.2 Å². The molecule has 0 amide bonds. The van der Waals surface area contributed by atoms with Gasteiger partial charge in [0, 0.05) is 0 Å². The van der Waals surface area contributed by atoms with Crippen LogP contribution in [-0.2, 0) is 4.74 Å². The molecular formula is C24H33BO2. The van der Waals surface area contributed by atoms with Gasteiger partial charge in [0.2, 0.25) is 0 Å². The lowest BCUT2D eigenvalue weighted by Gasteiger charge is -2.40. The number of esters is 1. The second kappa shape index (κ2) is 9.12. The van der Waals surface area contributed by atoms with Gasteiger partial charge in [0.15, 0.2) is 0 Å². The topological polar surface area (TPSA) is 26.3 Å². The van der Waals surface area contributed by atoms with Crippen LogP contribution in [0.3, 0.4) is 0 Å². The number of allylic oxidation sites excluding steroid dienone is 1. The number of carbonyl (C=O) groups excluding carboxylic acids is 1. The molecule has 0 spiro atoms. The van der Waals surface area contributed by atoms with Gasteiger partial charge in [-0.15, -0.1) is 0 Å². The Morgan fingerprint density at radius 1 is 0.963 bits per heavy atom. The molecule has 2 nitrogen and oxygen atoms in total. The minimum absolute atomic E-state index is 0.0319. The highest BCUT2D eigenvalue weighted by Crippen LogP contribution is 2.48. The largest absolute Gasteiger partial charge is 0.455 e. The maximum Gasteiger partial charge on any atom is 0.338 e. The highest BCUT2D eigenvalue weighted by Gasteiger charge is 2.38. The van der Waals surface area contributed by atoms with Crippen LogP contribution in [0.25, 0.3) is 0 Å². The summed E-state index contributed by atoms with van der Waals surface area (Å²) in [5, 5.41) is 0. The van der Waals surface area contributed by atoms with Crippen molar-refractivity contribution >= 4 is 12.7 Å². The Morgan fingerprint density at radius 3 is 2.37 bits per heavy atom. The van der Waals surface area contributed by atoms with E-state index in [9.17, 15) is 4.79 Å². The third kappa shape index (κ3) is 4.86. The molecule has 2 heterocycles. The van der Waals surface area contributed by atoms with Gasteiger partial charge in [-0.3, -0.25) is 0 Å². The van der Waals surface area contributed by atoms with Crippen LogP contribution in [0.1, 0.15) is 81.0 Å². The zero-order chi connectivity index (χ0) is 18.5. The van der Waals surface area contributed by atoms with Crippen LogP contribution < -0.4 is 0 Å². The monoisotopic (exact) mass is 364 g/mol. The summed E-state index contributed by atoms with van der Waals surface area (Å²) in [6.07, 6.45) is 18.4. The van der Waals surface area contributed by atoms with E-state index in [1.165, 1.54) is 69.7 Å². The molecule has 1 aromatic rings. The van der Waals surface area contributed by atoms with Gasteiger partial charge in [-0.2, -0.15) is 0 Å². The van der Waals surface area contributed by atoms with Crippen molar-refractivity contribution in [3.05, 3.63) is 47.5 Å². The number of fused-ring (bicyclic) bond motifs is 2. The number of ether oxygens (including phenoxy) is 1. The summed E-state index contributed by atoms with van der Waals surface area (Å²) in [7, 11) is 0. The first-order valence-electron chi connectivity index (χ1n) is 11.2. The zero-order valence-corrected chi connectivity index (χ0v) is 16.6. The van der Waals surface area contributed by atoms with Gasteiger partial charge in [-0.1, -0.05) is 86.7 Å². The summed E-state index contributed by atoms with van der Waals surface area (Å²) < 4.78 is 5.75. The molecule has 0 aromatic heterocycles. The summed E-state index contributed by atoms with van der Waals surface area (Å²) in [6.45, 7) is 1.00. The molecule has 0 saturated carbocycles. The van der Waals surface area contributed by atoms with Crippen LogP contribution in [0.15, 0.2) is 42.0 Å². The first kappa shape index (κ1) is 18.8. The van der Waals surface area contributed by atoms with E-state index >= 15 is 0 Å². The molecule has 2 fully saturated rings. The Kier molecular flexibility index (Phi) is 6.37. The van der Waals surface area contributed by atoms with E-state index in [2.05, 4.69) is 6.08 Å². The molecular weight excluding hydrogens is 331 g/mol. The lowest BCUT2D eigenvalue weighted by atomic mass is 9.26. The van der Waals surface area contributed by atoms with Gasteiger partial charge in [0.25, 0.3) is 0 Å². The van der Waals surface area contributed by atoms with Gasteiger partial charge >= 0.3 is 5.97 Å². The molecule has 1 atom stereocenters. The van der Waals surface area contributed by atoms with Crippen molar-refractivity contribution in [2.24, 2.45) is 0 Å². The fourth-order valence-corrected chi connectivity index (χ4v) is 5.89. The number of hydrogen-bond donors (Lipinski definition) is 0. The Hall–Kier alpha value is -1.51. The number of benzene rings is 1. The van der Waals surface area contributed by atoms with Crippen LogP contribution in [0.4, 0.5) is 0 Å². The molecule has 27 heavy (non-hydrogen) atoms. The zero-order valence-electron chi connectivity index (χ0n) is 16.6. The van der Waals surface area contributed by atoms with E-state index in [1.54, 1.807) is 0 Å². The van der Waals surface area contributed by atoms with E-state index in [4.69, 9.17) is 4.74 Å². The van der Waals surface area contributed by atoms with Crippen molar-refractivity contribution in [2.75, 3.05) is 0 Å².